The van der Waals surface area contributed by atoms with Crippen molar-refractivity contribution in [2.24, 2.45) is 5.92 Å². The third-order valence-corrected chi connectivity index (χ3v) is 7.67. The number of ether oxygens (including phenoxy) is 3. The molecule has 2 atom stereocenters. The number of nitrogens with one attached hydrogen (secondary N) is 3. The fraction of sp³-hybridized carbons (Fsp3) is 0.444. The summed E-state index contributed by atoms with van der Waals surface area (Å²) in [6.07, 6.45) is 3.36. The molecule has 0 aromatic heterocycles. The van der Waals surface area contributed by atoms with E-state index < -0.39 is 35.5 Å². The van der Waals surface area contributed by atoms with Gasteiger partial charge in [-0.05, 0) is 55.4 Å². The number of aliphatic hydroxyl groups excluding tert-OH is 1. The van der Waals surface area contributed by atoms with E-state index in [9.17, 15) is 19.2 Å². The molecule has 3 rings (SSSR count). The van der Waals surface area contributed by atoms with Crippen molar-refractivity contribution in [2.45, 2.75) is 57.0 Å². The summed E-state index contributed by atoms with van der Waals surface area (Å²) in [5.41, 5.74) is 3.40. The van der Waals surface area contributed by atoms with Crippen LogP contribution in [-0.2, 0) is 28.6 Å². The van der Waals surface area contributed by atoms with Crippen molar-refractivity contribution in [1.82, 2.24) is 16.0 Å². The maximum absolute atomic E-state index is 13.1. The molecule has 2 aromatic carbocycles. The van der Waals surface area contributed by atoms with Gasteiger partial charge in [-0.3, -0.25) is 9.59 Å². The predicted molar refractivity (Wildman–Crippen MR) is 178 cm³/mol. The Morgan fingerprint density at radius 1 is 0.957 bits per heavy atom. The number of allylic oxidation sites excluding steroid dienone is 2. The molecule has 0 heterocycles. The molecule has 11 heteroatoms. The van der Waals surface area contributed by atoms with Gasteiger partial charge < -0.3 is 35.3 Å². The Hall–Kier alpha value is -4.48. The summed E-state index contributed by atoms with van der Waals surface area (Å²) >= 11 is 0. The Morgan fingerprint density at radius 2 is 1.62 bits per heavy atom. The van der Waals surface area contributed by atoms with Crippen molar-refractivity contribution in [3.05, 3.63) is 85.0 Å². The van der Waals surface area contributed by atoms with Crippen molar-refractivity contribution in [2.75, 3.05) is 39.6 Å². The van der Waals surface area contributed by atoms with Crippen LogP contribution in [0, 0.1) is 5.92 Å². The van der Waals surface area contributed by atoms with Gasteiger partial charge in [0.05, 0.1) is 31.3 Å². The molecule has 11 nitrogen and oxygen atoms in total. The smallest absolute Gasteiger partial charge is 0.407 e. The van der Waals surface area contributed by atoms with E-state index in [1.165, 1.54) is 0 Å². The van der Waals surface area contributed by atoms with Crippen LogP contribution in [-0.4, -0.2) is 80.1 Å². The molecule has 0 aliphatic heterocycles. The summed E-state index contributed by atoms with van der Waals surface area (Å²) < 4.78 is 16.3. The van der Waals surface area contributed by atoms with E-state index in [4.69, 9.17) is 19.3 Å². The van der Waals surface area contributed by atoms with Crippen molar-refractivity contribution < 1.29 is 38.5 Å². The van der Waals surface area contributed by atoms with E-state index in [-0.39, 0.29) is 70.7 Å². The molecule has 254 valence electrons. The summed E-state index contributed by atoms with van der Waals surface area (Å²) in [5.74, 6) is -2.20. The van der Waals surface area contributed by atoms with E-state index in [0.29, 0.717) is 6.42 Å². The maximum atomic E-state index is 13.1. The lowest BCUT2D eigenvalue weighted by atomic mass is 9.97. The minimum absolute atomic E-state index is 0.0680. The minimum atomic E-state index is -0.992. The number of benzene rings is 2. The second kappa shape index (κ2) is 18.6. The van der Waals surface area contributed by atoms with Crippen LogP contribution in [0.4, 0.5) is 4.79 Å². The number of fused-ring (bicyclic) bond motifs is 3. The number of carbonyl (C=O) groups is 4. The normalized spacial score (nSPS) is 13.3. The summed E-state index contributed by atoms with van der Waals surface area (Å²) in [5, 5.41) is 16.9. The standard InChI is InChI=1S/C36H47N3O8/c1-5-7-17-31(38-35(44)46-23-30-28-15-10-8-13-26(28)27-14-9-11-16-29(27)30)34(43)47-24-36(3,4)39-33(42)25(12-6-2)22-32(41)37-18-20-45-21-19-40/h5-6,8-11,13-16,25,30-31,40H,1-2,7,12,17-24H2,3-4H3,(H,37,41)(H,38,44)(H,39,42)/t25-,31+/m1/s1. The molecule has 0 fully saturated rings. The van der Waals surface area contributed by atoms with Gasteiger partial charge >= 0.3 is 12.1 Å². The molecule has 0 bridgehead atoms. The fourth-order valence-corrected chi connectivity index (χ4v) is 5.35. The van der Waals surface area contributed by atoms with Crippen LogP contribution in [0.2, 0.25) is 0 Å². The Morgan fingerprint density at radius 3 is 2.23 bits per heavy atom. The molecule has 47 heavy (non-hydrogen) atoms. The molecule has 0 saturated heterocycles. The van der Waals surface area contributed by atoms with Crippen molar-refractivity contribution in [1.29, 1.82) is 0 Å². The van der Waals surface area contributed by atoms with Gasteiger partial charge in [-0.2, -0.15) is 0 Å². The second-order valence-electron chi connectivity index (χ2n) is 12.0. The first kappa shape index (κ1) is 37.0. The Labute approximate surface area is 276 Å². The number of hydrogen-bond donors (Lipinski definition) is 4. The quantitative estimate of drug-likeness (QED) is 0.0955. The Balaban J connectivity index is 1.52. The summed E-state index contributed by atoms with van der Waals surface area (Å²) in [7, 11) is 0. The Kier molecular flexibility index (Phi) is 14.6. The molecule has 1 aliphatic rings. The highest BCUT2D eigenvalue weighted by Crippen LogP contribution is 2.44. The maximum Gasteiger partial charge on any atom is 0.407 e. The number of esters is 1. The first-order chi connectivity index (χ1) is 22.6. The highest BCUT2D eigenvalue weighted by atomic mass is 16.6. The van der Waals surface area contributed by atoms with Gasteiger partial charge in [0.15, 0.2) is 0 Å². The van der Waals surface area contributed by atoms with Crippen LogP contribution in [0.15, 0.2) is 73.8 Å². The van der Waals surface area contributed by atoms with E-state index in [1.54, 1.807) is 26.0 Å². The van der Waals surface area contributed by atoms with Gasteiger partial charge in [0.2, 0.25) is 11.8 Å². The average molecular weight is 650 g/mol. The molecule has 2 aromatic rings. The molecule has 1 aliphatic carbocycles. The van der Waals surface area contributed by atoms with Crippen LogP contribution in [0.3, 0.4) is 0 Å². The van der Waals surface area contributed by atoms with Crippen LogP contribution in [0.5, 0.6) is 0 Å². The first-order valence-corrected chi connectivity index (χ1v) is 15.9. The minimum Gasteiger partial charge on any atom is -0.462 e. The topological polar surface area (TPSA) is 152 Å². The van der Waals surface area contributed by atoms with Gasteiger partial charge in [0.25, 0.3) is 0 Å². The van der Waals surface area contributed by atoms with E-state index >= 15 is 0 Å². The summed E-state index contributed by atoms with van der Waals surface area (Å²) in [6, 6.07) is 15.0. The number of carbonyl (C=O) groups excluding carboxylic acids is 4. The largest absolute Gasteiger partial charge is 0.462 e. The SMILES string of the molecule is C=CCC[C@H](NC(=O)OCC1c2ccccc2-c2ccccc21)C(=O)OCC(C)(C)NC(=O)[C@H](CC=C)CC(=O)NCCOCCO. The number of amides is 3. The van der Waals surface area contributed by atoms with Crippen molar-refractivity contribution in [3.8, 4) is 11.1 Å². The number of alkyl carbamates (subject to hydrolysis) is 1. The van der Waals surface area contributed by atoms with E-state index in [2.05, 4.69) is 41.2 Å². The van der Waals surface area contributed by atoms with Crippen molar-refractivity contribution in [3.63, 3.8) is 0 Å². The van der Waals surface area contributed by atoms with Gasteiger partial charge in [-0.25, -0.2) is 9.59 Å². The molecule has 4 N–H and O–H groups in total. The lowest BCUT2D eigenvalue weighted by Crippen LogP contribution is -2.51. The molecule has 0 saturated carbocycles. The van der Waals surface area contributed by atoms with Crippen LogP contribution >= 0.6 is 0 Å². The molecule has 0 radical (unpaired) electrons. The van der Waals surface area contributed by atoms with E-state index in [1.807, 2.05) is 36.4 Å². The second-order valence-corrected chi connectivity index (χ2v) is 12.0. The first-order valence-electron chi connectivity index (χ1n) is 15.9. The third kappa shape index (κ3) is 11.4. The van der Waals surface area contributed by atoms with Gasteiger partial charge in [0.1, 0.15) is 19.3 Å². The monoisotopic (exact) mass is 649 g/mol. The summed E-state index contributed by atoms with van der Waals surface area (Å²) in [6.45, 7) is 11.3. The molecular formula is C36H47N3O8. The number of hydrogen-bond acceptors (Lipinski definition) is 8. The molecular weight excluding hydrogens is 602 g/mol. The van der Waals surface area contributed by atoms with Gasteiger partial charge in [-0.15, -0.1) is 13.2 Å². The van der Waals surface area contributed by atoms with Gasteiger partial charge in [-0.1, -0.05) is 60.7 Å². The van der Waals surface area contributed by atoms with E-state index in [0.717, 1.165) is 22.3 Å². The lowest BCUT2D eigenvalue weighted by Gasteiger charge is -2.29. The highest BCUT2D eigenvalue weighted by molar-refractivity contribution is 5.86. The number of aliphatic hydroxyl groups is 1. The predicted octanol–water partition coefficient (Wildman–Crippen LogP) is 4.01. The fourth-order valence-electron chi connectivity index (χ4n) is 5.35. The van der Waals surface area contributed by atoms with Crippen molar-refractivity contribution >= 4 is 23.9 Å². The zero-order valence-corrected chi connectivity index (χ0v) is 27.3. The molecule has 0 unspecified atom stereocenters. The lowest BCUT2D eigenvalue weighted by molar-refractivity contribution is -0.149. The van der Waals surface area contributed by atoms with Gasteiger partial charge in [0, 0.05) is 18.9 Å². The zero-order valence-electron chi connectivity index (χ0n) is 27.3. The highest BCUT2D eigenvalue weighted by Gasteiger charge is 2.32. The Bertz CT molecular complexity index is 1350. The van der Waals surface area contributed by atoms with Crippen LogP contribution in [0.25, 0.3) is 11.1 Å². The third-order valence-electron chi connectivity index (χ3n) is 7.67. The zero-order chi connectivity index (χ0) is 34.2. The average Bonchev–Trinajstić information content (AvgIpc) is 3.37. The molecule has 0 spiro atoms. The van der Waals surface area contributed by atoms with Crippen LogP contribution < -0.4 is 16.0 Å². The summed E-state index contributed by atoms with van der Waals surface area (Å²) in [4.78, 5) is 51.5. The molecule has 3 amide bonds. The number of rotatable bonds is 20. The van der Waals surface area contributed by atoms with Crippen LogP contribution in [0.1, 0.15) is 56.6 Å².